The molecule has 1 fully saturated rings. The van der Waals surface area contributed by atoms with Crippen LogP contribution in [0.25, 0.3) is 0 Å². The number of anilines is 2. The van der Waals surface area contributed by atoms with Gasteiger partial charge in [0, 0.05) is 30.2 Å². The Balaban J connectivity index is 1.80. The summed E-state index contributed by atoms with van der Waals surface area (Å²) in [6, 6.07) is 12.6. The molecule has 0 unspecified atom stereocenters. The van der Waals surface area contributed by atoms with Crippen LogP contribution in [0, 0.1) is 0 Å². The number of hydrogen-bond acceptors (Lipinski definition) is 6. The van der Waals surface area contributed by atoms with Crippen LogP contribution in [0.15, 0.2) is 53.0 Å². The van der Waals surface area contributed by atoms with Crippen molar-refractivity contribution in [3.8, 4) is 0 Å². The van der Waals surface area contributed by atoms with Crippen molar-refractivity contribution in [2.75, 3.05) is 29.9 Å². The number of carbonyl (C=O) groups is 4. The highest BCUT2D eigenvalue weighted by molar-refractivity contribution is 9.10. The highest BCUT2D eigenvalue weighted by Crippen LogP contribution is 2.28. The van der Waals surface area contributed by atoms with E-state index in [0.29, 0.717) is 16.9 Å². The number of amides is 3. The minimum Gasteiger partial charge on any atom is -0.462 e. The average molecular weight is 561 g/mol. The minimum absolute atomic E-state index is 0.132. The largest absolute Gasteiger partial charge is 0.462 e. The molecule has 1 aliphatic heterocycles. The van der Waals surface area contributed by atoms with E-state index in [-0.39, 0.29) is 49.0 Å². The molecular formula is C24H25BrN4O5S. The zero-order chi connectivity index (χ0) is 25.5. The van der Waals surface area contributed by atoms with Crippen molar-refractivity contribution in [1.29, 1.82) is 0 Å². The molecule has 35 heavy (non-hydrogen) atoms. The molecule has 0 aromatic heterocycles. The van der Waals surface area contributed by atoms with Gasteiger partial charge in [-0.15, -0.1) is 0 Å². The maximum atomic E-state index is 13.4. The standard InChI is InChI=1S/C24H25BrN4O5S/c1-3-34-23(33)16-4-10-19(11-5-16)29-22(32)20(28(24(29)35)13-12-26-15(2)30)14-21(31)27-18-8-6-17(25)7-9-18/h4-11,20H,3,12-14H2,1-2H3,(H,26,30)(H,27,31)/t20-/m0/s1. The lowest BCUT2D eigenvalue weighted by Crippen LogP contribution is -2.42. The maximum absolute atomic E-state index is 13.4. The van der Waals surface area contributed by atoms with E-state index in [2.05, 4.69) is 26.6 Å². The fourth-order valence-electron chi connectivity index (χ4n) is 3.56. The molecule has 1 heterocycles. The van der Waals surface area contributed by atoms with Gasteiger partial charge in [0.05, 0.1) is 24.3 Å². The van der Waals surface area contributed by atoms with E-state index < -0.39 is 12.0 Å². The fourth-order valence-corrected chi connectivity index (χ4v) is 4.24. The maximum Gasteiger partial charge on any atom is 0.338 e. The van der Waals surface area contributed by atoms with Gasteiger partial charge in [0.25, 0.3) is 5.91 Å². The van der Waals surface area contributed by atoms with E-state index in [0.717, 1.165) is 4.47 Å². The summed E-state index contributed by atoms with van der Waals surface area (Å²) in [5.41, 5.74) is 1.41. The van der Waals surface area contributed by atoms with Gasteiger partial charge in [-0.2, -0.15) is 0 Å². The van der Waals surface area contributed by atoms with Gasteiger partial charge in [-0.25, -0.2) is 4.79 Å². The molecule has 0 bridgehead atoms. The van der Waals surface area contributed by atoms with Gasteiger partial charge in [-0.1, -0.05) is 15.9 Å². The van der Waals surface area contributed by atoms with Crippen molar-refractivity contribution in [3.63, 3.8) is 0 Å². The number of ether oxygens (including phenoxy) is 1. The van der Waals surface area contributed by atoms with Crippen molar-refractivity contribution in [1.82, 2.24) is 10.2 Å². The molecule has 0 radical (unpaired) electrons. The third kappa shape index (κ3) is 6.64. The van der Waals surface area contributed by atoms with Crippen molar-refractivity contribution >= 4 is 68.3 Å². The Bertz CT molecular complexity index is 1120. The first-order valence-electron chi connectivity index (χ1n) is 10.9. The molecule has 11 heteroatoms. The quantitative estimate of drug-likeness (QED) is 0.358. The van der Waals surface area contributed by atoms with E-state index in [1.165, 1.54) is 11.8 Å². The lowest BCUT2D eigenvalue weighted by molar-refractivity contribution is -0.124. The molecule has 1 atom stereocenters. The zero-order valence-electron chi connectivity index (χ0n) is 19.2. The number of nitrogens with one attached hydrogen (secondary N) is 2. The normalized spacial score (nSPS) is 15.2. The number of halogens is 1. The summed E-state index contributed by atoms with van der Waals surface area (Å²) in [7, 11) is 0. The highest BCUT2D eigenvalue weighted by Gasteiger charge is 2.44. The summed E-state index contributed by atoms with van der Waals surface area (Å²) in [6.45, 7) is 3.87. The van der Waals surface area contributed by atoms with Crippen LogP contribution in [0.3, 0.4) is 0 Å². The minimum atomic E-state index is -0.851. The van der Waals surface area contributed by atoms with E-state index in [9.17, 15) is 19.2 Å². The molecular weight excluding hydrogens is 536 g/mol. The number of thiocarbonyl (C=S) groups is 1. The summed E-state index contributed by atoms with van der Waals surface area (Å²) >= 11 is 8.94. The fraction of sp³-hybridized carbons (Fsp3) is 0.292. The van der Waals surface area contributed by atoms with Crippen LogP contribution in [0.5, 0.6) is 0 Å². The van der Waals surface area contributed by atoms with Crippen LogP contribution in [0.4, 0.5) is 11.4 Å². The molecule has 0 aliphatic carbocycles. The van der Waals surface area contributed by atoms with Gasteiger partial charge in [-0.3, -0.25) is 19.3 Å². The van der Waals surface area contributed by atoms with Gasteiger partial charge < -0.3 is 20.3 Å². The third-order valence-electron chi connectivity index (χ3n) is 5.19. The molecule has 9 nitrogen and oxygen atoms in total. The van der Waals surface area contributed by atoms with Crippen LogP contribution < -0.4 is 15.5 Å². The smallest absolute Gasteiger partial charge is 0.338 e. The Morgan fingerprint density at radius 2 is 1.74 bits per heavy atom. The predicted molar refractivity (Wildman–Crippen MR) is 139 cm³/mol. The number of nitrogens with zero attached hydrogens (tertiary/aromatic N) is 2. The molecule has 184 valence electrons. The second kappa shape index (κ2) is 11.9. The van der Waals surface area contributed by atoms with Crippen molar-refractivity contribution < 1.29 is 23.9 Å². The number of carbonyl (C=O) groups excluding carboxylic acids is 4. The monoisotopic (exact) mass is 560 g/mol. The Kier molecular flexibility index (Phi) is 8.94. The zero-order valence-corrected chi connectivity index (χ0v) is 21.6. The van der Waals surface area contributed by atoms with E-state index in [1.807, 2.05) is 0 Å². The number of rotatable bonds is 9. The van der Waals surface area contributed by atoms with Crippen LogP contribution in [0.2, 0.25) is 0 Å². The Hall–Kier alpha value is -3.31. The lowest BCUT2D eigenvalue weighted by Gasteiger charge is -2.24. The third-order valence-corrected chi connectivity index (χ3v) is 6.13. The van der Waals surface area contributed by atoms with Crippen LogP contribution in [0.1, 0.15) is 30.6 Å². The summed E-state index contributed by atoms with van der Waals surface area (Å²) in [5.74, 6) is -1.39. The van der Waals surface area contributed by atoms with Crippen molar-refractivity contribution in [2.24, 2.45) is 0 Å². The van der Waals surface area contributed by atoms with Crippen molar-refractivity contribution in [3.05, 3.63) is 58.6 Å². The predicted octanol–water partition coefficient (Wildman–Crippen LogP) is 3.09. The summed E-state index contributed by atoms with van der Waals surface area (Å²) < 4.78 is 5.87. The van der Waals surface area contributed by atoms with E-state index in [1.54, 1.807) is 60.4 Å². The molecule has 3 amide bonds. The average Bonchev–Trinajstić information content (AvgIpc) is 3.04. The number of hydrogen-bond donors (Lipinski definition) is 2. The number of benzene rings is 2. The Morgan fingerprint density at radius 1 is 1.09 bits per heavy atom. The molecule has 1 aliphatic rings. The SMILES string of the molecule is CCOC(=O)c1ccc(N2C(=O)[C@H](CC(=O)Nc3ccc(Br)cc3)N(CCNC(C)=O)C2=S)cc1. The first-order chi connectivity index (χ1) is 16.7. The van der Waals surface area contributed by atoms with E-state index >= 15 is 0 Å². The molecule has 2 aromatic carbocycles. The molecule has 1 saturated heterocycles. The van der Waals surface area contributed by atoms with Crippen LogP contribution in [-0.4, -0.2) is 59.4 Å². The van der Waals surface area contributed by atoms with Crippen LogP contribution >= 0.6 is 28.1 Å². The van der Waals surface area contributed by atoms with Gasteiger partial charge in [0.1, 0.15) is 6.04 Å². The summed E-state index contributed by atoms with van der Waals surface area (Å²) in [6.07, 6.45) is -0.132. The topological polar surface area (TPSA) is 108 Å². The first kappa shape index (κ1) is 26.3. The molecule has 2 aromatic rings. The summed E-state index contributed by atoms with van der Waals surface area (Å²) in [4.78, 5) is 52.4. The number of esters is 1. The lowest BCUT2D eigenvalue weighted by atomic mass is 10.1. The second-order valence-corrected chi connectivity index (χ2v) is 8.96. The first-order valence-corrected chi connectivity index (χ1v) is 12.1. The second-order valence-electron chi connectivity index (χ2n) is 7.67. The summed E-state index contributed by atoms with van der Waals surface area (Å²) in [5, 5.41) is 5.69. The highest BCUT2D eigenvalue weighted by atomic mass is 79.9. The van der Waals surface area contributed by atoms with E-state index in [4.69, 9.17) is 17.0 Å². The Labute approximate surface area is 216 Å². The van der Waals surface area contributed by atoms with Crippen molar-refractivity contribution in [2.45, 2.75) is 26.3 Å². The molecule has 0 saturated carbocycles. The van der Waals surface area contributed by atoms with Gasteiger partial charge >= 0.3 is 5.97 Å². The molecule has 0 spiro atoms. The molecule has 2 N–H and O–H groups in total. The molecule has 3 rings (SSSR count). The Morgan fingerprint density at radius 3 is 2.34 bits per heavy atom. The van der Waals surface area contributed by atoms with Gasteiger partial charge in [-0.05, 0) is 67.7 Å². The van der Waals surface area contributed by atoms with Crippen LogP contribution in [-0.2, 0) is 19.1 Å². The van der Waals surface area contributed by atoms with Gasteiger partial charge in [0.2, 0.25) is 11.8 Å². The van der Waals surface area contributed by atoms with Gasteiger partial charge in [0.15, 0.2) is 5.11 Å².